The van der Waals surface area contributed by atoms with Crippen LogP contribution in [0, 0.1) is 0 Å². The number of methoxy groups -OCH3 is 1. The van der Waals surface area contributed by atoms with Crippen molar-refractivity contribution in [2.75, 3.05) is 7.11 Å². The fraction of sp³-hybridized carbons (Fsp3) is 0.0714. The number of nitrogens with zero attached hydrogens (tertiary/aromatic N) is 3. The number of hydrogen-bond donors (Lipinski definition) is 0. The Bertz CT molecular complexity index is 648. The zero-order chi connectivity index (χ0) is 14.4. The van der Waals surface area contributed by atoms with Crippen molar-refractivity contribution in [1.29, 1.82) is 0 Å². The van der Waals surface area contributed by atoms with Gasteiger partial charge in [0.2, 0.25) is 0 Å². The monoisotopic (exact) mass is 345 g/mol. The van der Waals surface area contributed by atoms with E-state index in [0.717, 1.165) is 0 Å². The van der Waals surface area contributed by atoms with Crippen LogP contribution in [0.2, 0.25) is 0 Å². The van der Waals surface area contributed by atoms with Crippen molar-refractivity contribution < 1.29 is 36.9 Å². The van der Waals surface area contributed by atoms with Gasteiger partial charge in [0.25, 0.3) is 0 Å². The first-order valence-electron chi connectivity index (χ1n) is 5.75. The van der Waals surface area contributed by atoms with Crippen molar-refractivity contribution >= 4 is 12.1 Å². The van der Waals surface area contributed by atoms with Gasteiger partial charge in [-0.2, -0.15) is 10.2 Å². The summed E-state index contributed by atoms with van der Waals surface area (Å²) >= 11 is 0. The summed E-state index contributed by atoms with van der Waals surface area (Å²) < 4.78 is 4.90. The molecule has 0 atom stereocenters. The van der Waals surface area contributed by atoms with Crippen molar-refractivity contribution in [1.82, 2.24) is 4.98 Å². The van der Waals surface area contributed by atoms with Gasteiger partial charge in [-0.25, -0.2) is 0 Å². The number of benzene rings is 1. The molecule has 0 aliphatic heterocycles. The van der Waals surface area contributed by atoms with Crippen LogP contribution in [-0.4, -0.2) is 29.7 Å². The van der Waals surface area contributed by atoms with Gasteiger partial charge in [-0.05, 0) is 29.3 Å². The second-order valence-corrected chi connectivity index (χ2v) is 3.76. The first-order chi connectivity index (χ1) is 9.72. The Labute approximate surface area is 137 Å². The average molecular weight is 346 g/mol. The van der Waals surface area contributed by atoms with Crippen LogP contribution >= 0.6 is 0 Å². The number of pyridine rings is 1. The zero-order valence-electron chi connectivity index (χ0n) is 11.5. The molecule has 0 radical (unpaired) electrons. The van der Waals surface area contributed by atoms with E-state index in [9.17, 15) is 10.2 Å². The molecule has 1 aromatic heterocycles. The molecular formula is C14H13N3NiO4. The Balaban J connectivity index is 0.00000220. The summed E-state index contributed by atoms with van der Waals surface area (Å²) in [7, 11) is 1.41. The summed E-state index contributed by atoms with van der Waals surface area (Å²) in [6, 6.07) is 7.85. The van der Waals surface area contributed by atoms with Crippen LogP contribution < -0.4 is 14.9 Å². The Morgan fingerprint density at radius 1 is 1.23 bits per heavy atom. The van der Waals surface area contributed by atoms with E-state index < -0.39 is 5.90 Å². The van der Waals surface area contributed by atoms with Gasteiger partial charge in [-0.3, -0.25) is 4.98 Å². The van der Waals surface area contributed by atoms with Gasteiger partial charge >= 0.3 is 16.5 Å². The number of para-hydroxylation sites is 1. The second-order valence-electron chi connectivity index (χ2n) is 3.76. The quantitative estimate of drug-likeness (QED) is 0.320. The molecule has 0 saturated heterocycles. The number of rotatable bonds is 4. The first-order valence-corrected chi connectivity index (χ1v) is 5.75. The van der Waals surface area contributed by atoms with Gasteiger partial charge in [0.05, 0.1) is 13.3 Å². The largest absolute Gasteiger partial charge is 2.00 e. The van der Waals surface area contributed by atoms with Gasteiger partial charge in [0, 0.05) is 18.3 Å². The number of ether oxygens (including phenoxy) is 1. The molecule has 0 unspecified atom stereocenters. The van der Waals surface area contributed by atoms with E-state index in [1.807, 2.05) is 0 Å². The van der Waals surface area contributed by atoms with E-state index in [1.54, 1.807) is 18.2 Å². The van der Waals surface area contributed by atoms with Crippen molar-refractivity contribution in [2.24, 2.45) is 10.2 Å². The third kappa shape index (κ3) is 4.84. The normalized spacial score (nSPS) is 10.7. The van der Waals surface area contributed by atoms with Gasteiger partial charge in [0.15, 0.2) is 0 Å². The molecule has 2 aromatic rings. The standard InChI is InChI=1S/C14H13N3O3.Ni.H2O/c1-20-12-4-2-3-11(13(12)18)9-16-17-14(19)10-5-7-15-8-6-10;;/h2-9,18H,1H3,(H,17,19);;1H2/q;+2;/p-2. The van der Waals surface area contributed by atoms with Crippen molar-refractivity contribution in [3.05, 3.63) is 53.9 Å². The third-order valence-electron chi connectivity index (χ3n) is 2.50. The Morgan fingerprint density at radius 3 is 2.55 bits per heavy atom. The molecule has 0 spiro atoms. The van der Waals surface area contributed by atoms with Gasteiger partial charge in [-0.15, -0.1) is 0 Å². The minimum Gasteiger partial charge on any atom is -0.870 e. The van der Waals surface area contributed by atoms with Crippen LogP contribution in [0.4, 0.5) is 0 Å². The molecule has 1 heterocycles. The van der Waals surface area contributed by atoms with Crippen molar-refractivity contribution in [3.8, 4) is 11.5 Å². The number of hydrogen-bond acceptors (Lipinski definition) is 6. The fourth-order valence-electron chi connectivity index (χ4n) is 1.49. The molecule has 2 N–H and O–H groups in total. The van der Waals surface area contributed by atoms with Crippen molar-refractivity contribution in [3.63, 3.8) is 0 Å². The predicted octanol–water partition coefficient (Wildman–Crippen LogP) is -0.522. The Hall–Kier alpha value is -2.44. The molecule has 0 fully saturated rings. The summed E-state index contributed by atoms with van der Waals surface area (Å²) in [5.74, 6) is -0.585. The van der Waals surface area contributed by atoms with Gasteiger partial charge in [0.1, 0.15) is 5.75 Å². The van der Waals surface area contributed by atoms with E-state index >= 15 is 0 Å². The topological polar surface area (TPSA) is 124 Å². The molecule has 7 nitrogen and oxygen atoms in total. The van der Waals surface area contributed by atoms with Crippen LogP contribution in [0.1, 0.15) is 11.1 Å². The minimum atomic E-state index is -0.501. The molecule has 0 saturated carbocycles. The molecule has 2 rings (SSSR count). The number of aromatic nitrogens is 1. The van der Waals surface area contributed by atoms with Crippen LogP contribution in [0.5, 0.6) is 11.5 Å². The van der Waals surface area contributed by atoms with Crippen molar-refractivity contribution in [2.45, 2.75) is 0 Å². The molecule has 8 heteroatoms. The molecule has 0 bridgehead atoms. The fourth-order valence-corrected chi connectivity index (χ4v) is 1.49. The molecule has 1 aromatic carbocycles. The van der Waals surface area contributed by atoms with Crippen LogP contribution in [-0.2, 0) is 16.5 Å². The SMILES string of the molecule is COc1cccc(C=N/N=C(\[O-])c2ccncc2)c1[O-].O.[Ni+2]. The van der Waals surface area contributed by atoms with Crippen LogP contribution in [0.3, 0.4) is 0 Å². The summed E-state index contributed by atoms with van der Waals surface area (Å²) in [5, 5.41) is 30.6. The summed E-state index contributed by atoms with van der Waals surface area (Å²) in [5.41, 5.74) is 0.681. The first kappa shape index (κ1) is 19.6. The smallest absolute Gasteiger partial charge is 0.870 e. The summed E-state index contributed by atoms with van der Waals surface area (Å²) in [6.45, 7) is 0. The Morgan fingerprint density at radius 2 is 1.91 bits per heavy atom. The minimum absolute atomic E-state index is 0. The average Bonchev–Trinajstić information content (AvgIpc) is 2.49. The third-order valence-corrected chi connectivity index (χ3v) is 2.50. The van der Waals surface area contributed by atoms with E-state index in [0.29, 0.717) is 11.1 Å². The van der Waals surface area contributed by atoms with Gasteiger partial charge in [-0.1, -0.05) is 17.9 Å². The Kier molecular flexibility index (Phi) is 8.44. The molecule has 0 aliphatic rings. The maximum absolute atomic E-state index is 11.8. The molecular weight excluding hydrogens is 333 g/mol. The molecule has 118 valence electrons. The van der Waals surface area contributed by atoms with Gasteiger partial charge < -0.3 is 20.4 Å². The summed E-state index contributed by atoms with van der Waals surface area (Å²) in [4.78, 5) is 3.80. The molecule has 22 heavy (non-hydrogen) atoms. The van der Waals surface area contributed by atoms with Crippen LogP contribution in [0.15, 0.2) is 52.9 Å². The second kappa shape index (κ2) is 9.49. The maximum atomic E-state index is 11.8. The van der Waals surface area contributed by atoms with E-state index in [2.05, 4.69) is 15.2 Å². The summed E-state index contributed by atoms with van der Waals surface area (Å²) in [6.07, 6.45) is 4.21. The maximum Gasteiger partial charge on any atom is 2.00 e. The van der Waals surface area contributed by atoms with Crippen LogP contribution in [0.25, 0.3) is 0 Å². The molecule has 0 amide bonds. The van der Waals surface area contributed by atoms with E-state index in [4.69, 9.17) is 4.74 Å². The zero-order valence-corrected chi connectivity index (χ0v) is 12.5. The van der Waals surface area contributed by atoms with E-state index in [1.165, 1.54) is 37.9 Å². The predicted molar refractivity (Wildman–Crippen MR) is 74.4 cm³/mol. The molecule has 0 aliphatic carbocycles. The van der Waals surface area contributed by atoms with E-state index in [-0.39, 0.29) is 33.5 Å².